The summed E-state index contributed by atoms with van der Waals surface area (Å²) in [5.74, 6) is 0.535. The Labute approximate surface area is 179 Å². The molecule has 1 aromatic carbocycles. The van der Waals surface area contributed by atoms with E-state index < -0.39 is 10.0 Å². The van der Waals surface area contributed by atoms with Crippen LogP contribution in [0.2, 0.25) is 5.02 Å². The van der Waals surface area contributed by atoms with Crippen molar-refractivity contribution < 1.29 is 17.7 Å². The molecule has 1 saturated heterocycles. The number of sulfonamides is 1. The van der Waals surface area contributed by atoms with E-state index >= 15 is 0 Å². The van der Waals surface area contributed by atoms with Crippen molar-refractivity contribution >= 4 is 32.7 Å². The van der Waals surface area contributed by atoms with Crippen molar-refractivity contribution in [2.45, 2.75) is 48.5 Å². The second-order valence-corrected chi connectivity index (χ2v) is 10.2. The number of nitrogens with zero attached hydrogens (tertiary/aromatic N) is 2. The molecule has 0 spiro atoms. The Morgan fingerprint density at radius 2 is 1.80 bits per heavy atom. The van der Waals surface area contributed by atoms with Crippen LogP contribution in [0, 0.1) is 0 Å². The van der Waals surface area contributed by atoms with Crippen LogP contribution in [-0.2, 0) is 14.8 Å². The number of hydrogen-bond acceptors (Lipinski definition) is 6. The minimum absolute atomic E-state index is 0.0937. The van der Waals surface area contributed by atoms with Crippen molar-refractivity contribution in [1.29, 1.82) is 0 Å². The van der Waals surface area contributed by atoms with Crippen LogP contribution in [0.3, 0.4) is 0 Å². The molecule has 2 aromatic heterocycles. The minimum Gasteiger partial charge on any atom is -0.381 e. The maximum Gasteiger partial charge on any atom is 0.258 e. The monoisotopic (exact) mass is 447 g/mol. The number of benzene rings is 1. The van der Waals surface area contributed by atoms with Gasteiger partial charge in [0.05, 0.1) is 17.3 Å². The minimum atomic E-state index is -3.68. The zero-order chi connectivity index (χ0) is 20.7. The van der Waals surface area contributed by atoms with E-state index in [2.05, 4.69) is 14.9 Å². The molecule has 0 bridgehead atoms. The van der Waals surface area contributed by atoms with Crippen molar-refractivity contribution in [2.75, 3.05) is 13.2 Å². The summed E-state index contributed by atoms with van der Waals surface area (Å²) in [4.78, 5) is 4.33. The van der Waals surface area contributed by atoms with E-state index in [9.17, 15) is 8.42 Å². The second kappa shape index (κ2) is 7.92. The van der Waals surface area contributed by atoms with Crippen molar-refractivity contribution in [2.24, 2.45) is 0 Å². The molecular weight excluding hydrogens is 426 g/mol. The van der Waals surface area contributed by atoms with Gasteiger partial charge in [-0.15, -0.1) is 0 Å². The molecule has 1 N–H and O–H groups in total. The topological polar surface area (TPSA) is 94.3 Å². The molecule has 30 heavy (non-hydrogen) atoms. The number of halogens is 1. The summed E-state index contributed by atoms with van der Waals surface area (Å²) in [5.41, 5.74) is 2.31. The average Bonchev–Trinajstić information content (AvgIpc) is 3.15. The number of pyridine rings is 1. The summed E-state index contributed by atoms with van der Waals surface area (Å²) in [7, 11) is -3.68. The molecule has 2 fully saturated rings. The van der Waals surface area contributed by atoms with E-state index in [0.717, 1.165) is 31.4 Å². The smallest absolute Gasteiger partial charge is 0.258 e. The normalized spacial score (nSPS) is 22.8. The van der Waals surface area contributed by atoms with Gasteiger partial charge in [0.2, 0.25) is 10.0 Å². The molecule has 0 atom stereocenters. The fraction of sp³-hybridized carbons (Fsp3) is 0.429. The van der Waals surface area contributed by atoms with Crippen molar-refractivity contribution in [1.82, 2.24) is 14.9 Å². The summed E-state index contributed by atoms with van der Waals surface area (Å²) in [6.45, 7) is 1.34. The lowest BCUT2D eigenvalue weighted by Crippen LogP contribution is -2.43. The van der Waals surface area contributed by atoms with E-state index in [1.54, 1.807) is 6.07 Å². The molecule has 7 nitrogen and oxygen atoms in total. The molecule has 158 valence electrons. The number of fused-ring (bicyclic) bond motifs is 1. The van der Waals surface area contributed by atoms with Gasteiger partial charge in [-0.1, -0.05) is 28.9 Å². The SMILES string of the molecule is O=S(=O)(NC1CC(c2ccc(Cl)cc2)C1)c1cnc2onc(C3CCOCC3)c2c1. The van der Waals surface area contributed by atoms with Gasteiger partial charge < -0.3 is 9.26 Å². The van der Waals surface area contributed by atoms with Gasteiger partial charge in [-0.3, -0.25) is 0 Å². The average molecular weight is 448 g/mol. The van der Waals surface area contributed by atoms with Gasteiger partial charge in [0.1, 0.15) is 4.90 Å². The van der Waals surface area contributed by atoms with E-state index in [1.807, 2.05) is 24.3 Å². The Kier molecular flexibility index (Phi) is 5.26. The molecular formula is C21H22ClN3O4S. The zero-order valence-corrected chi connectivity index (χ0v) is 17.8. The van der Waals surface area contributed by atoms with Crippen LogP contribution < -0.4 is 4.72 Å². The van der Waals surface area contributed by atoms with Crippen molar-refractivity contribution in [3.8, 4) is 0 Å². The standard InChI is InChI=1S/C21H22ClN3O4S/c22-16-3-1-13(2-4-16)15-9-17(10-15)25-30(26,27)18-11-19-20(14-5-7-28-8-6-14)24-29-21(19)23-12-18/h1-4,11-12,14-15,17,25H,5-10H2. The maximum absolute atomic E-state index is 12.9. The van der Waals surface area contributed by atoms with Crippen LogP contribution >= 0.6 is 11.6 Å². The lowest BCUT2D eigenvalue weighted by atomic mass is 9.76. The van der Waals surface area contributed by atoms with Gasteiger partial charge in [-0.25, -0.2) is 18.1 Å². The maximum atomic E-state index is 12.9. The largest absolute Gasteiger partial charge is 0.381 e. The summed E-state index contributed by atoms with van der Waals surface area (Å²) in [6, 6.07) is 9.26. The van der Waals surface area contributed by atoms with Gasteiger partial charge in [-0.05, 0) is 55.4 Å². The van der Waals surface area contributed by atoms with E-state index in [-0.39, 0.29) is 16.9 Å². The summed E-state index contributed by atoms with van der Waals surface area (Å²) >= 11 is 5.94. The van der Waals surface area contributed by atoms with Crippen molar-refractivity contribution in [3.63, 3.8) is 0 Å². The third-order valence-corrected chi connectivity index (χ3v) is 7.79. The third-order valence-electron chi connectivity index (χ3n) is 6.05. The molecule has 9 heteroatoms. The third kappa shape index (κ3) is 3.85. The number of ether oxygens (including phenoxy) is 1. The molecule has 1 saturated carbocycles. The highest BCUT2D eigenvalue weighted by Gasteiger charge is 2.34. The molecule has 0 radical (unpaired) electrons. The van der Waals surface area contributed by atoms with E-state index in [0.29, 0.717) is 35.3 Å². The van der Waals surface area contributed by atoms with Crippen molar-refractivity contribution in [3.05, 3.63) is 52.8 Å². The van der Waals surface area contributed by atoms with Gasteiger partial charge >= 0.3 is 0 Å². The van der Waals surface area contributed by atoms with Gasteiger partial charge in [0, 0.05) is 30.2 Å². The van der Waals surface area contributed by atoms with Crippen LogP contribution in [0.25, 0.3) is 11.1 Å². The number of rotatable bonds is 5. The Morgan fingerprint density at radius 1 is 1.07 bits per heavy atom. The highest BCUT2D eigenvalue weighted by atomic mass is 35.5. The first-order valence-corrected chi connectivity index (χ1v) is 12.0. The van der Waals surface area contributed by atoms with Crippen LogP contribution in [0.15, 0.2) is 45.9 Å². The lowest BCUT2D eigenvalue weighted by molar-refractivity contribution is 0.0840. The molecule has 0 unspecified atom stereocenters. The number of nitrogens with one attached hydrogen (secondary N) is 1. The molecule has 1 aliphatic heterocycles. The molecule has 1 aliphatic carbocycles. The van der Waals surface area contributed by atoms with Gasteiger partial charge in [0.25, 0.3) is 5.71 Å². The molecule has 5 rings (SSSR count). The van der Waals surface area contributed by atoms with Crippen LogP contribution in [0.4, 0.5) is 0 Å². The predicted octanol–water partition coefficient (Wildman–Crippen LogP) is 3.99. The van der Waals surface area contributed by atoms with E-state index in [1.165, 1.54) is 11.8 Å². The summed E-state index contributed by atoms with van der Waals surface area (Å²) in [5, 5.41) is 5.53. The number of hydrogen-bond donors (Lipinski definition) is 1. The summed E-state index contributed by atoms with van der Waals surface area (Å²) in [6.07, 6.45) is 4.53. The van der Waals surface area contributed by atoms with Crippen LogP contribution in [-0.4, -0.2) is 37.8 Å². The number of aromatic nitrogens is 2. The summed E-state index contributed by atoms with van der Waals surface area (Å²) < 4.78 is 39.4. The Balaban J connectivity index is 1.31. The molecule has 3 heterocycles. The Bertz CT molecular complexity index is 1150. The fourth-order valence-corrected chi connectivity index (χ4v) is 5.61. The first-order chi connectivity index (χ1) is 14.5. The highest BCUT2D eigenvalue weighted by molar-refractivity contribution is 7.89. The predicted molar refractivity (Wildman–Crippen MR) is 112 cm³/mol. The van der Waals surface area contributed by atoms with Gasteiger partial charge in [0.15, 0.2) is 0 Å². The molecule has 0 amide bonds. The van der Waals surface area contributed by atoms with Gasteiger partial charge in [-0.2, -0.15) is 0 Å². The van der Waals surface area contributed by atoms with Crippen LogP contribution in [0.5, 0.6) is 0 Å². The molecule has 2 aliphatic rings. The zero-order valence-electron chi connectivity index (χ0n) is 16.3. The lowest BCUT2D eigenvalue weighted by Gasteiger charge is -2.36. The fourth-order valence-electron chi connectivity index (χ4n) is 4.25. The first kappa shape index (κ1) is 19.9. The first-order valence-electron chi connectivity index (χ1n) is 10.1. The highest BCUT2D eigenvalue weighted by Crippen LogP contribution is 2.38. The molecule has 3 aromatic rings. The second-order valence-electron chi connectivity index (χ2n) is 8.02. The Hall–Kier alpha value is -2.00. The Morgan fingerprint density at radius 3 is 2.53 bits per heavy atom. The van der Waals surface area contributed by atoms with Crippen LogP contribution in [0.1, 0.15) is 48.8 Å². The quantitative estimate of drug-likeness (QED) is 0.635. The van der Waals surface area contributed by atoms with E-state index in [4.69, 9.17) is 20.9 Å².